The Morgan fingerprint density at radius 2 is 1.65 bits per heavy atom. The van der Waals surface area contributed by atoms with E-state index in [9.17, 15) is 13.2 Å². The fourth-order valence-corrected chi connectivity index (χ4v) is 4.82. The standard InChI is InChI=1S/C23H23ClN2O3S2/c1-17-6-12-20(13-7-17)31(28,29)26-22-5-3-2-4-21(22)23(27)25-14-15-30-16-18-8-10-19(24)11-9-18/h2-13,26H,14-16H2,1H3,(H,25,27). The molecule has 8 heteroatoms. The first-order chi connectivity index (χ1) is 14.8. The second-order valence-corrected chi connectivity index (χ2v) is 10.1. The van der Waals surface area contributed by atoms with Crippen LogP contribution in [0.4, 0.5) is 5.69 Å². The van der Waals surface area contributed by atoms with Crippen molar-refractivity contribution in [3.05, 3.63) is 94.5 Å². The van der Waals surface area contributed by atoms with Crippen LogP contribution in [0.15, 0.2) is 77.7 Å². The van der Waals surface area contributed by atoms with Crippen LogP contribution >= 0.6 is 23.4 Å². The number of carbonyl (C=O) groups excluding carboxylic acids is 1. The van der Waals surface area contributed by atoms with Gasteiger partial charge in [-0.1, -0.05) is 53.6 Å². The van der Waals surface area contributed by atoms with E-state index < -0.39 is 10.0 Å². The summed E-state index contributed by atoms with van der Waals surface area (Å²) in [5.74, 6) is 1.22. The minimum Gasteiger partial charge on any atom is -0.351 e. The first-order valence-corrected chi connectivity index (χ1v) is 12.7. The van der Waals surface area contributed by atoms with Crippen molar-refractivity contribution < 1.29 is 13.2 Å². The molecule has 0 aliphatic rings. The highest BCUT2D eigenvalue weighted by atomic mass is 35.5. The van der Waals surface area contributed by atoms with Crippen molar-refractivity contribution in [1.29, 1.82) is 0 Å². The lowest BCUT2D eigenvalue weighted by molar-refractivity contribution is 0.0957. The molecular weight excluding hydrogens is 452 g/mol. The van der Waals surface area contributed by atoms with Crippen LogP contribution in [-0.4, -0.2) is 26.6 Å². The van der Waals surface area contributed by atoms with Crippen molar-refractivity contribution in [3.8, 4) is 0 Å². The Kier molecular flexibility index (Phi) is 8.01. The number of benzene rings is 3. The summed E-state index contributed by atoms with van der Waals surface area (Å²) in [5.41, 5.74) is 2.65. The summed E-state index contributed by atoms with van der Waals surface area (Å²) in [6.07, 6.45) is 0. The van der Waals surface area contributed by atoms with Gasteiger partial charge in [0.15, 0.2) is 0 Å². The van der Waals surface area contributed by atoms with Gasteiger partial charge in [0.1, 0.15) is 0 Å². The van der Waals surface area contributed by atoms with Gasteiger partial charge in [0.25, 0.3) is 15.9 Å². The van der Waals surface area contributed by atoms with Crippen molar-refractivity contribution >= 4 is 45.0 Å². The number of sulfonamides is 1. The molecule has 3 aromatic carbocycles. The third kappa shape index (κ3) is 6.75. The molecule has 162 valence electrons. The zero-order valence-corrected chi connectivity index (χ0v) is 19.4. The van der Waals surface area contributed by atoms with Gasteiger partial charge in [-0.25, -0.2) is 8.42 Å². The molecular formula is C23H23ClN2O3S2. The number of hydrogen-bond donors (Lipinski definition) is 2. The quantitative estimate of drug-likeness (QED) is 0.422. The second-order valence-electron chi connectivity index (χ2n) is 6.90. The molecule has 3 aromatic rings. The van der Waals surface area contributed by atoms with E-state index in [1.54, 1.807) is 48.2 Å². The molecule has 0 bridgehead atoms. The van der Waals surface area contributed by atoms with Gasteiger partial charge in [0.05, 0.1) is 16.1 Å². The van der Waals surface area contributed by atoms with Crippen molar-refractivity contribution in [1.82, 2.24) is 5.32 Å². The smallest absolute Gasteiger partial charge is 0.261 e. The van der Waals surface area contributed by atoms with Gasteiger partial charge in [-0.3, -0.25) is 9.52 Å². The van der Waals surface area contributed by atoms with E-state index in [4.69, 9.17) is 11.6 Å². The van der Waals surface area contributed by atoms with Crippen molar-refractivity contribution in [2.24, 2.45) is 0 Å². The van der Waals surface area contributed by atoms with Gasteiger partial charge < -0.3 is 5.32 Å². The van der Waals surface area contributed by atoms with Gasteiger partial charge in [-0.05, 0) is 48.9 Å². The zero-order valence-electron chi connectivity index (χ0n) is 17.0. The zero-order chi connectivity index (χ0) is 22.3. The molecule has 2 N–H and O–H groups in total. The van der Waals surface area contributed by atoms with E-state index in [0.717, 1.165) is 22.6 Å². The molecule has 0 radical (unpaired) electrons. The van der Waals surface area contributed by atoms with Crippen LogP contribution < -0.4 is 10.0 Å². The molecule has 0 atom stereocenters. The first-order valence-electron chi connectivity index (χ1n) is 9.64. The van der Waals surface area contributed by atoms with Gasteiger partial charge in [0.2, 0.25) is 0 Å². The first kappa shape index (κ1) is 23.2. The Morgan fingerprint density at radius 1 is 0.968 bits per heavy atom. The molecule has 3 rings (SSSR count). The van der Waals surface area contributed by atoms with Crippen molar-refractivity contribution in [2.75, 3.05) is 17.0 Å². The number of anilines is 1. The van der Waals surface area contributed by atoms with Gasteiger partial charge in [-0.2, -0.15) is 11.8 Å². The van der Waals surface area contributed by atoms with Crippen LogP contribution in [0.5, 0.6) is 0 Å². The molecule has 0 saturated carbocycles. The molecule has 0 unspecified atom stereocenters. The topological polar surface area (TPSA) is 75.3 Å². The van der Waals surface area contributed by atoms with Crippen LogP contribution in [0.2, 0.25) is 5.02 Å². The molecule has 0 heterocycles. The molecule has 0 aliphatic carbocycles. The molecule has 0 spiro atoms. The lowest BCUT2D eigenvalue weighted by Crippen LogP contribution is -2.27. The number of amides is 1. The van der Waals surface area contributed by atoms with Crippen LogP contribution in [0.3, 0.4) is 0 Å². The highest BCUT2D eigenvalue weighted by Gasteiger charge is 2.18. The van der Waals surface area contributed by atoms with Crippen LogP contribution in [-0.2, 0) is 15.8 Å². The van der Waals surface area contributed by atoms with E-state index in [2.05, 4.69) is 10.0 Å². The molecule has 31 heavy (non-hydrogen) atoms. The minimum atomic E-state index is -3.79. The monoisotopic (exact) mass is 474 g/mol. The third-order valence-electron chi connectivity index (χ3n) is 4.46. The number of rotatable bonds is 9. The Labute approximate surface area is 192 Å². The van der Waals surface area contributed by atoms with Gasteiger partial charge in [-0.15, -0.1) is 0 Å². The van der Waals surface area contributed by atoms with Crippen LogP contribution in [0.1, 0.15) is 21.5 Å². The number of hydrogen-bond acceptors (Lipinski definition) is 4. The lowest BCUT2D eigenvalue weighted by atomic mass is 10.2. The van der Waals surface area contributed by atoms with Crippen LogP contribution in [0, 0.1) is 6.92 Å². The van der Waals surface area contributed by atoms with E-state index in [0.29, 0.717) is 11.6 Å². The van der Waals surface area contributed by atoms with E-state index in [1.807, 2.05) is 31.2 Å². The Balaban J connectivity index is 1.57. The maximum absolute atomic E-state index is 12.7. The number of nitrogens with one attached hydrogen (secondary N) is 2. The van der Waals surface area contributed by atoms with Crippen molar-refractivity contribution in [2.45, 2.75) is 17.6 Å². The summed E-state index contributed by atoms with van der Waals surface area (Å²) >= 11 is 7.58. The minimum absolute atomic E-state index is 0.145. The van der Waals surface area contributed by atoms with E-state index >= 15 is 0 Å². The summed E-state index contributed by atoms with van der Waals surface area (Å²) in [7, 11) is -3.79. The normalized spacial score (nSPS) is 11.2. The Morgan fingerprint density at radius 3 is 2.35 bits per heavy atom. The fourth-order valence-electron chi connectivity index (χ4n) is 2.79. The summed E-state index contributed by atoms with van der Waals surface area (Å²) in [4.78, 5) is 12.8. The predicted molar refractivity (Wildman–Crippen MR) is 128 cm³/mol. The summed E-state index contributed by atoms with van der Waals surface area (Å²) < 4.78 is 27.9. The highest BCUT2D eigenvalue weighted by Crippen LogP contribution is 2.21. The summed E-state index contributed by atoms with van der Waals surface area (Å²) in [6.45, 7) is 2.35. The number of carbonyl (C=O) groups is 1. The second kappa shape index (κ2) is 10.7. The number of thioether (sulfide) groups is 1. The van der Waals surface area contributed by atoms with Gasteiger partial charge in [0, 0.05) is 23.1 Å². The van der Waals surface area contributed by atoms with Crippen LogP contribution in [0.25, 0.3) is 0 Å². The Hall–Kier alpha value is -2.48. The average molecular weight is 475 g/mol. The Bertz CT molecular complexity index is 1130. The van der Waals surface area contributed by atoms with E-state index in [-0.39, 0.29) is 22.1 Å². The highest BCUT2D eigenvalue weighted by molar-refractivity contribution is 7.98. The van der Waals surface area contributed by atoms with Crippen molar-refractivity contribution in [3.63, 3.8) is 0 Å². The van der Waals surface area contributed by atoms with E-state index in [1.165, 1.54) is 12.1 Å². The molecule has 1 amide bonds. The number of halogens is 1. The summed E-state index contributed by atoms with van der Waals surface area (Å²) in [5, 5.41) is 3.56. The number of para-hydroxylation sites is 1. The lowest BCUT2D eigenvalue weighted by Gasteiger charge is -2.13. The van der Waals surface area contributed by atoms with Gasteiger partial charge >= 0.3 is 0 Å². The molecule has 0 saturated heterocycles. The maximum Gasteiger partial charge on any atom is 0.261 e. The third-order valence-corrected chi connectivity index (χ3v) is 7.12. The average Bonchev–Trinajstić information content (AvgIpc) is 2.75. The maximum atomic E-state index is 12.7. The predicted octanol–water partition coefficient (Wildman–Crippen LogP) is 5.11. The fraction of sp³-hybridized carbons (Fsp3) is 0.174. The summed E-state index contributed by atoms with van der Waals surface area (Å²) in [6, 6.07) is 20.8. The largest absolute Gasteiger partial charge is 0.351 e. The molecule has 0 aromatic heterocycles. The molecule has 5 nitrogen and oxygen atoms in total. The molecule has 0 aliphatic heterocycles. The molecule has 0 fully saturated rings. The SMILES string of the molecule is Cc1ccc(S(=O)(=O)Nc2ccccc2C(=O)NCCSCc2ccc(Cl)cc2)cc1. The number of aryl methyl sites for hydroxylation is 1.